The van der Waals surface area contributed by atoms with Gasteiger partial charge < -0.3 is 14.8 Å². The van der Waals surface area contributed by atoms with Gasteiger partial charge in [-0.25, -0.2) is 9.37 Å². The Labute approximate surface area is 177 Å². The van der Waals surface area contributed by atoms with Gasteiger partial charge in [0.2, 0.25) is 5.88 Å². The maximum atomic E-state index is 14.3. The zero-order chi connectivity index (χ0) is 20.9. The summed E-state index contributed by atoms with van der Waals surface area (Å²) in [6.07, 6.45) is 1.53. The first-order valence-electron chi connectivity index (χ1n) is 9.28. The molecule has 4 aromatic rings. The van der Waals surface area contributed by atoms with E-state index in [1.807, 2.05) is 30.3 Å². The molecule has 0 spiro atoms. The molecular weight excluding hydrogens is 403 g/mol. The van der Waals surface area contributed by atoms with Gasteiger partial charge in [-0.15, -0.1) is 11.3 Å². The van der Waals surface area contributed by atoms with Gasteiger partial charge in [-0.2, -0.15) is 0 Å². The highest BCUT2D eigenvalue weighted by Crippen LogP contribution is 2.34. The highest BCUT2D eigenvalue weighted by Gasteiger charge is 2.21. The molecule has 2 heterocycles. The summed E-state index contributed by atoms with van der Waals surface area (Å²) in [6.45, 7) is 0.557. The number of nitrogens with zero attached hydrogens (tertiary/aromatic N) is 1. The minimum Gasteiger partial charge on any atom is -0.473 e. The molecule has 0 fully saturated rings. The van der Waals surface area contributed by atoms with Crippen LogP contribution in [0.15, 0.2) is 66.9 Å². The highest BCUT2D eigenvalue weighted by molar-refractivity contribution is 7.21. The molecule has 4 rings (SSSR count). The number of hydrogen-bond donors (Lipinski definition) is 1. The van der Waals surface area contributed by atoms with E-state index in [1.165, 1.54) is 30.7 Å². The van der Waals surface area contributed by atoms with Crippen LogP contribution < -0.4 is 10.1 Å². The van der Waals surface area contributed by atoms with Crippen LogP contribution in [0.5, 0.6) is 5.88 Å². The van der Waals surface area contributed by atoms with Crippen LogP contribution in [0.2, 0.25) is 0 Å². The number of benzene rings is 2. The number of nitrogens with one attached hydrogen (secondary N) is 1. The van der Waals surface area contributed by atoms with Crippen molar-refractivity contribution in [3.63, 3.8) is 0 Å². The van der Waals surface area contributed by atoms with E-state index >= 15 is 0 Å². The Morgan fingerprint density at radius 2 is 1.90 bits per heavy atom. The molecule has 0 radical (unpaired) electrons. The number of hydrogen-bond acceptors (Lipinski definition) is 5. The third-order valence-corrected chi connectivity index (χ3v) is 5.68. The van der Waals surface area contributed by atoms with Gasteiger partial charge in [0.1, 0.15) is 12.4 Å². The largest absolute Gasteiger partial charge is 0.473 e. The second kappa shape index (κ2) is 9.02. The van der Waals surface area contributed by atoms with E-state index < -0.39 is 0 Å². The monoisotopic (exact) mass is 422 g/mol. The van der Waals surface area contributed by atoms with Crippen LogP contribution in [0.3, 0.4) is 0 Å². The minimum atomic E-state index is -0.364. The van der Waals surface area contributed by atoms with Crippen molar-refractivity contribution in [2.75, 3.05) is 12.4 Å². The molecule has 7 heteroatoms. The number of ether oxygens (including phenoxy) is 2. The molecule has 0 bridgehead atoms. The summed E-state index contributed by atoms with van der Waals surface area (Å²) in [6, 6.07) is 18.0. The number of methoxy groups -OCH3 is 1. The lowest BCUT2D eigenvalue weighted by Crippen LogP contribution is -2.13. The van der Waals surface area contributed by atoms with Crippen molar-refractivity contribution in [1.82, 2.24) is 4.98 Å². The van der Waals surface area contributed by atoms with Crippen molar-refractivity contribution in [2.45, 2.75) is 13.2 Å². The summed E-state index contributed by atoms with van der Waals surface area (Å²) in [5.74, 6) is -0.236. The van der Waals surface area contributed by atoms with E-state index in [0.717, 1.165) is 5.56 Å². The fourth-order valence-corrected chi connectivity index (χ4v) is 4.21. The van der Waals surface area contributed by atoms with Crippen molar-refractivity contribution >= 4 is 33.0 Å². The molecule has 0 aliphatic rings. The first-order valence-corrected chi connectivity index (χ1v) is 10.1. The van der Waals surface area contributed by atoms with Crippen molar-refractivity contribution in [3.8, 4) is 5.88 Å². The first kappa shape index (κ1) is 20.0. The van der Waals surface area contributed by atoms with E-state index in [0.29, 0.717) is 38.7 Å². The molecular formula is C23H19FN2O3S. The average molecular weight is 422 g/mol. The number of carbonyl (C=O) groups is 1. The Bertz CT molecular complexity index is 1160. The third-order valence-electron chi connectivity index (χ3n) is 4.48. The van der Waals surface area contributed by atoms with Crippen LogP contribution in [0.1, 0.15) is 20.8 Å². The summed E-state index contributed by atoms with van der Waals surface area (Å²) >= 11 is 1.24. The van der Waals surface area contributed by atoms with Gasteiger partial charge in [-0.1, -0.05) is 36.4 Å². The van der Waals surface area contributed by atoms with Crippen molar-refractivity contribution in [3.05, 3.63) is 88.7 Å². The summed E-state index contributed by atoms with van der Waals surface area (Å²) < 4.78 is 25.9. The normalized spacial score (nSPS) is 10.9. The molecule has 5 nitrogen and oxygen atoms in total. The Morgan fingerprint density at radius 1 is 1.07 bits per heavy atom. The smallest absolute Gasteiger partial charge is 0.266 e. The lowest BCUT2D eigenvalue weighted by atomic mass is 10.1. The molecule has 30 heavy (non-hydrogen) atoms. The second-order valence-corrected chi connectivity index (χ2v) is 7.62. The predicted octanol–water partition coefficient (Wildman–Crippen LogP) is 5.41. The number of carbonyl (C=O) groups excluding carboxylic acids is 1. The lowest BCUT2D eigenvalue weighted by Gasteiger charge is -2.08. The molecule has 1 N–H and O–H groups in total. The zero-order valence-electron chi connectivity index (χ0n) is 16.2. The van der Waals surface area contributed by atoms with Crippen molar-refractivity contribution < 1.29 is 18.7 Å². The van der Waals surface area contributed by atoms with Crippen LogP contribution in [-0.4, -0.2) is 18.0 Å². The van der Waals surface area contributed by atoms with Gasteiger partial charge in [-0.3, -0.25) is 4.79 Å². The fourth-order valence-electron chi connectivity index (χ4n) is 3.09. The summed E-state index contributed by atoms with van der Waals surface area (Å²) in [4.78, 5) is 17.5. The molecule has 152 valence electrons. The second-order valence-electron chi connectivity index (χ2n) is 6.57. The topological polar surface area (TPSA) is 60.5 Å². The molecule has 2 aromatic heterocycles. The number of rotatable bonds is 7. The molecule has 1 amide bonds. The Hall–Kier alpha value is -3.29. The lowest BCUT2D eigenvalue weighted by molar-refractivity contribution is 0.102. The first-order chi connectivity index (χ1) is 14.7. The maximum Gasteiger partial charge on any atom is 0.266 e. The van der Waals surface area contributed by atoms with E-state index in [-0.39, 0.29) is 18.3 Å². The molecule has 0 aliphatic carbocycles. The standard InChI is InChI=1S/C23H19FN2O3S/c1-28-14-17-21-18(24)8-5-9-19(21)30-22(17)23(27)26-16-10-11-20(25-12-16)29-13-15-6-3-2-4-7-15/h2-12H,13-14H2,1H3,(H,26,27). The van der Waals surface area contributed by atoms with Crippen LogP contribution in [0.4, 0.5) is 10.1 Å². The summed E-state index contributed by atoms with van der Waals surface area (Å²) in [5.41, 5.74) is 2.11. The molecule has 0 atom stereocenters. The van der Waals surface area contributed by atoms with Crippen LogP contribution in [0.25, 0.3) is 10.1 Å². The van der Waals surface area contributed by atoms with Crippen LogP contribution >= 0.6 is 11.3 Å². The van der Waals surface area contributed by atoms with Crippen molar-refractivity contribution in [1.29, 1.82) is 0 Å². The van der Waals surface area contributed by atoms with Crippen LogP contribution in [0, 0.1) is 5.82 Å². The van der Waals surface area contributed by atoms with E-state index in [9.17, 15) is 9.18 Å². The van der Waals surface area contributed by atoms with E-state index in [2.05, 4.69) is 10.3 Å². The minimum absolute atomic E-state index is 0.147. The Morgan fingerprint density at radius 3 is 2.63 bits per heavy atom. The van der Waals surface area contributed by atoms with Gasteiger partial charge in [0.05, 0.1) is 23.4 Å². The number of thiophene rings is 1. The summed E-state index contributed by atoms with van der Waals surface area (Å²) in [7, 11) is 1.52. The highest BCUT2D eigenvalue weighted by atomic mass is 32.1. The molecule has 0 aliphatic heterocycles. The third kappa shape index (κ3) is 4.32. The maximum absolute atomic E-state index is 14.3. The predicted molar refractivity (Wildman–Crippen MR) is 115 cm³/mol. The van der Waals surface area contributed by atoms with Gasteiger partial charge in [0.15, 0.2) is 0 Å². The number of amides is 1. The van der Waals surface area contributed by atoms with E-state index in [4.69, 9.17) is 9.47 Å². The average Bonchev–Trinajstić information content (AvgIpc) is 3.14. The molecule has 0 saturated carbocycles. The van der Waals surface area contributed by atoms with Gasteiger partial charge in [0.25, 0.3) is 5.91 Å². The van der Waals surface area contributed by atoms with E-state index in [1.54, 1.807) is 24.3 Å². The molecule has 0 unspecified atom stereocenters. The van der Waals surface area contributed by atoms with Gasteiger partial charge in [0, 0.05) is 28.8 Å². The fraction of sp³-hybridized carbons (Fsp3) is 0.130. The SMILES string of the molecule is COCc1c(C(=O)Nc2ccc(OCc3ccccc3)nc2)sc2cccc(F)c12. The van der Waals surface area contributed by atoms with Crippen molar-refractivity contribution in [2.24, 2.45) is 0 Å². The summed E-state index contributed by atoms with van der Waals surface area (Å²) in [5, 5.41) is 3.24. The van der Waals surface area contributed by atoms with Gasteiger partial charge in [-0.05, 0) is 23.8 Å². The zero-order valence-corrected chi connectivity index (χ0v) is 17.0. The number of halogens is 1. The quantitative estimate of drug-likeness (QED) is 0.432. The Kier molecular flexibility index (Phi) is 6.02. The number of anilines is 1. The number of pyridine rings is 1. The van der Waals surface area contributed by atoms with Crippen LogP contribution in [-0.2, 0) is 18.0 Å². The number of aromatic nitrogens is 1. The number of fused-ring (bicyclic) bond motifs is 1. The molecule has 0 saturated heterocycles. The van der Waals surface area contributed by atoms with Gasteiger partial charge >= 0.3 is 0 Å². The Balaban J connectivity index is 1.49. The molecule has 2 aromatic carbocycles.